The van der Waals surface area contributed by atoms with E-state index in [1.807, 2.05) is 54.6 Å². The van der Waals surface area contributed by atoms with E-state index in [0.717, 1.165) is 17.7 Å². The largest absolute Gasteiger partial charge is 0.388 e. The van der Waals surface area contributed by atoms with Gasteiger partial charge in [0.25, 0.3) is 0 Å². The van der Waals surface area contributed by atoms with Gasteiger partial charge in [-0.2, -0.15) is 0 Å². The number of aliphatic hydroxyl groups excluding tert-OH is 1. The fourth-order valence-corrected chi connectivity index (χ4v) is 4.38. The number of carbonyl (C=O) groups excluding carboxylic acids is 1. The number of aliphatic hydroxyl groups is 1. The number of nitrogens with zero attached hydrogens (tertiary/aromatic N) is 1. The molecule has 1 fully saturated rings. The Balaban J connectivity index is 1.61. The second kappa shape index (κ2) is 9.12. The monoisotopic (exact) mass is 383 g/mol. The Kier molecular flexibility index (Phi) is 6.61. The Labute approximate surface area is 163 Å². The lowest BCUT2D eigenvalue weighted by molar-refractivity contribution is -0.129. The molecule has 2 aromatic rings. The molecule has 2 aromatic carbocycles. The molecule has 134 valence electrons. The summed E-state index contributed by atoms with van der Waals surface area (Å²) in [6.45, 7) is 0. The first kappa shape index (κ1) is 18.8. The first-order valence-corrected chi connectivity index (χ1v) is 9.97. The summed E-state index contributed by atoms with van der Waals surface area (Å²) >= 11 is 6.91. The van der Waals surface area contributed by atoms with Crippen molar-refractivity contribution < 1.29 is 9.90 Å². The zero-order valence-corrected chi connectivity index (χ0v) is 16.0. The van der Waals surface area contributed by atoms with Crippen LogP contribution < -0.4 is 0 Å². The van der Waals surface area contributed by atoms with Crippen LogP contribution in [0.1, 0.15) is 17.5 Å². The highest BCUT2D eigenvalue weighted by atomic mass is 32.2. The molecule has 1 heterocycles. The van der Waals surface area contributed by atoms with Crippen molar-refractivity contribution in [1.29, 1.82) is 0 Å². The minimum Gasteiger partial charge on any atom is -0.388 e. The third-order valence-corrected chi connectivity index (χ3v) is 5.78. The van der Waals surface area contributed by atoms with Crippen LogP contribution in [0.5, 0.6) is 0 Å². The molecule has 0 aromatic heterocycles. The number of thiocarbonyl (C=S) groups is 1. The van der Waals surface area contributed by atoms with Crippen molar-refractivity contribution >= 4 is 40.3 Å². The van der Waals surface area contributed by atoms with Crippen molar-refractivity contribution in [3.63, 3.8) is 0 Å². The lowest BCUT2D eigenvalue weighted by Crippen LogP contribution is -2.41. The fourth-order valence-electron chi connectivity index (χ4n) is 2.93. The third kappa shape index (κ3) is 5.04. The summed E-state index contributed by atoms with van der Waals surface area (Å²) in [5, 5.41) is 10.2. The topological polar surface area (TPSA) is 40.5 Å². The number of hydrogen-bond donors (Lipinski definition) is 1. The van der Waals surface area contributed by atoms with Gasteiger partial charge in [0, 0.05) is 5.75 Å². The van der Waals surface area contributed by atoms with Crippen molar-refractivity contribution in [3.8, 4) is 0 Å². The second-order valence-electron chi connectivity index (χ2n) is 6.23. The van der Waals surface area contributed by atoms with Crippen LogP contribution in [0, 0.1) is 0 Å². The molecule has 0 aliphatic carbocycles. The van der Waals surface area contributed by atoms with E-state index in [4.69, 9.17) is 12.2 Å². The number of hydrogen-bond acceptors (Lipinski definition) is 4. The van der Waals surface area contributed by atoms with Gasteiger partial charge in [0.2, 0.25) is 5.91 Å². The lowest BCUT2D eigenvalue weighted by atomic mass is 10.1. The fraction of sp³-hybridized carbons (Fsp3) is 0.238. The number of thioether (sulfide) groups is 1. The van der Waals surface area contributed by atoms with Gasteiger partial charge in [0.1, 0.15) is 4.32 Å². The molecule has 0 saturated carbocycles. The normalized spacial score (nSPS) is 18.4. The van der Waals surface area contributed by atoms with E-state index in [0.29, 0.717) is 4.32 Å². The first-order valence-electron chi connectivity index (χ1n) is 8.57. The standard InChI is InChI=1S/C21H21NO2S2/c23-19(12-11-16-7-3-1-4-8-16)14-20(24)22-18(15-26-21(22)25)13-17-9-5-2-6-10-17/h1-12,18-19,23H,13-15H2/b12-11+/t18-,19-/m0/s1. The number of rotatable bonds is 6. The van der Waals surface area contributed by atoms with Crippen LogP contribution >= 0.6 is 24.0 Å². The van der Waals surface area contributed by atoms with E-state index >= 15 is 0 Å². The minimum atomic E-state index is -0.825. The van der Waals surface area contributed by atoms with Crippen LogP contribution in [-0.2, 0) is 11.2 Å². The first-order chi connectivity index (χ1) is 12.6. The summed E-state index contributed by atoms with van der Waals surface area (Å²) in [7, 11) is 0. The maximum absolute atomic E-state index is 12.7. The summed E-state index contributed by atoms with van der Waals surface area (Å²) in [5.41, 5.74) is 2.18. The maximum Gasteiger partial charge on any atom is 0.231 e. The van der Waals surface area contributed by atoms with E-state index in [-0.39, 0.29) is 18.4 Å². The quantitative estimate of drug-likeness (QED) is 0.768. The molecule has 1 saturated heterocycles. The van der Waals surface area contributed by atoms with E-state index in [1.165, 1.54) is 17.3 Å². The van der Waals surface area contributed by atoms with Crippen LogP contribution in [0.2, 0.25) is 0 Å². The summed E-state index contributed by atoms with van der Waals surface area (Å²) in [6.07, 6.45) is 3.47. The Morgan fingerprint density at radius 3 is 2.54 bits per heavy atom. The second-order valence-corrected chi connectivity index (χ2v) is 7.88. The maximum atomic E-state index is 12.7. The smallest absolute Gasteiger partial charge is 0.231 e. The predicted octanol–water partition coefficient (Wildman–Crippen LogP) is 3.92. The van der Waals surface area contributed by atoms with Gasteiger partial charge in [-0.25, -0.2) is 0 Å². The molecule has 5 heteroatoms. The highest BCUT2D eigenvalue weighted by Gasteiger charge is 2.34. The predicted molar refractivity (Wildman–Crippen MR) is 112 cm³/mol. The summed E-state index contributed by atoms with van der Waals surface area (Å²) < 4.78 is 0.607. The van der Waals surface area contributed by atoms with Crippen LogP contribution in [0.3, 0.4) is 0 Å². The van der Waals surface area contributed by atoms with E-state index in [1.54, 1.807) is 11.0 Å². The molecule has 3 rings (SSSR count). The molecular formula is C21H21NO2S2. The van der Waals surface area contributed by atoms with Gasteiger partial charge in [-0.15, -0.1) is 0 Å². The molecule has 3 nitrogen and oxygen atoms in total. The molecular weight excluding hydrogens is 362 g/mol. The average molecular weight is 384 g/mol. The molecule has 0 spiro atoms. The Bertz CT molecular complexity index is 777. The van der Waals surface area contributed by atoms with Crippen LogP contribution in [0.15, 0.2) is 66.7 Å². The average Bonchev–Trinajstić information content (AvgIpc) is 3.02. The van der Waals surface area contributed by atoms with E-state index in [2.05, 4.69) is 12.1 Å². The zero-order valence-electron chi connectivity index (χ0n) is 14.3. The molecule has 2 atom stereocenters. The molecule has 1 amide bonds. The molecule has 26 heavy (non-hydrogen) atoms. The Morgan fingerprint density at radius 1 is 1.19 bits per heavy atom. The number of benzene rings is 2. The van der Waals surface area contributed by atoms with E-state index < -0.39 is 6.10 Å². The van der Waals surface area contributed by atoms with Gasteiger partial charge in [0.15, 0.2) is 0 Å². The van der Waals surface area contributed by atoms with Gasteiger partial charge >= 0.3 is 0 Å². The molecule has 0 radical (unpaired) electrons. The third-order valence-electron chi connectivity index (χ3n) is 4.24. The van der Waals surface area contributed by atoms with Crippen LogP contribution in [0.4, 0.5) is 0 Å². The van der Waals surface area contributed by atoms with Gasteiger partial charge in [-0.05, 0) is 17.5 Å². The Morgan fingerprint density at radius 2 is 1.85 bits per heavy atom. The van der Waals surface area contributed by atoms with Gasteiger partial charge in [0.05, 0.1) is 18.6 Å². The minimum absolute atomic E-state index is 0.0370. The van der Waals surface area contributed by atoms with Crippen molar-refractivity contribution in [2.45, 2.75) is 25.0 Å². The number of carbonyl (C=O) groups is 1. The van der Waals surface area contributed by atoms with E-state index in [9.17, 15) is 9.90 Å². The van der Waals surface area contributed by atoms with Crippen LogP contribution in [0.25, 0.3) is 6.08 Å². The number of amides is 1. The molecule has 0 bridgehead atoms. The van der Waals surface area contributed by atoms with Crippen molar-refractivity contribution in [2.75, 3.05) is 5.75 Å². The highest BCUT2D eigenvalue weighted by molar-refractivity contribution is 8.23. The van der Waals surface area contributed by atoms with Gasteiger partial charge in [-0.3, -0.25) is 9.69 Å². The van der Waals surface area contributed by atoms with Crippen molar-refractivity contribution in [2.24, 2.45) is 0 Å². The molecule has 1 aliphatic heterocycles. The van der Waals surface area contributed by atoms with Crippen molar-refractivity contribution in [3.05, 3.63) is 77.9 Å². The lowest BCUT2D eigenvalue weighted by Gasteiger charge is -2.24. The Hall–Kier alpha value is -1.95. The highest BCUT2D eigenvalue weighted by Crippen LogP contribution is 2.28. The molecule has 1 N–H and O–H groups in total. The zero-order chi connectivity index (χ0) is 18.4. The van der Waals surface area contributed by atoms with Crippen LogP contribution in [-0.4, -0.2) is 38.1 Å². The SMILES string of the molecule is O=C(C[C@@H](O)/C=C/c1ccccc1)N1C(=S)SC[C@@H]1Cc1ccccc1. The van der Waals surface area contributed by atoms with Gasteiger partial charge in [-0.1, -0.05) is 96.8 Å². The molecule has 0 unspecified atom stereocenters. The van der Waals surface area contributed by atoms with Crippen molar-refractivity contribution in [1.82, 2.24) is 4.90 Å². The molecule has 1 aliphatic rings. The summed E-state index contributed by atoms with van der Waals surface area (Å²) in [5.74, 6) is 0.682. The van der Waals surface area contributed by atoms with Gasteiger partial charge < -0.3 is 5.11 Å². The summed E-state index contributed by atoms with van der Waals surface area (Å²) in [4.78, 5) is 14.4. The summed E-state index contributed by atoms with van der Waals surface area (Å²) in [6, 6.07) is 19.9.